The highest BCUT2D eigenvalue weighted by Gasteiger charge is 2.12. The first kappa shape index (κ1) is 28.5. The zero-order chi connectivity index (χ0) is 27.8. The second kappa shape index (κ2) is 13.5. The molecule has 2 nitrogen and oxygen atoms in total. The fourth-order valence-electron chi connectivity index (χ4n) is 5.86. The number of hydrogen-bond acceptors (Lipinski definition) is 2. The second-order valence-corrected chi connectivity index (χ2v) is 11.4. The van der Waals surface area contributed by atoms with Crippen LogP contribution in [0.4, 0.5) is 11.4 Å². The van der Waals surface area contributed by atoms with Gasteiger partial charge in [-0.2, -0.15) is 0 Å². The van der Waals surface area contributed by atoms with Crippen molar-refractivity contribution in [2.24, 2.45) is 0 Å². The monoisotopic (exact) mass is 518 g/mol. The Morgan fingerprint density at radius 3 is 1.21 bits per heavy atom. The van der Waals surface area contributed by atoms with Gasteiger partial charge in [-0.1, -0.05) is 93.8 Å². The van der Waals surface area contributed by atoms with Crippen LogP contribution in [0.1, 0.15) is 102 Å². The van der Waals surface area contributed by atoms with Gasteiger partial charge in [-0.05, 0) is 108 Å². The Labute approximate surface area is 236 Å². The Hall–Kier alpha value is -3.52. The summed E-state index contributed by atoms with van der Waals surface area (Å²) in [5, 5.41) is 0. The molecule has 4 aromatic rings. The fourth-order valence-corrected chi connectivity index (χ4v) is 5.86. The van der Waals surface area contributed by atoms with Gasteiger partial charge in [0.05, 0.1) is 0 Å². The van der Waals surface area contributed by atoms with Gasteiger partial charge in [0.1, 0.15) is 0 Å². The predicted octanol–water partition coefficient (Wildman–Crippen LogP) is 9.51. The molecular weight excluding hydrogens is 472 g/mol. The smallest absolute Gasteiger partial charge is 0.0316 e. The first-order valence-electron chi connectivity index (χ1n) is 14.7. The molecule has 0 saturated heterocycles. The number of hydrogen-bond donors (Lipinski definition) is 2. The molecule has 0 fully saturated rings. The van der Waals surface area contributed by atoms with Crippen LogP contribution in [0.25, 0.3) is 0 Å². The third-order valence-corrected chi connectivity index (χ3v) is 8.41. The van der Waals surface area contributed by atoms with E-state index in [0.29, 0.717) is 11.8 Å². The molecule has 0 aliphatic heterocycles. The zero-order valence-corrected chi connectivity index (χ0v) is 24.3. The predicted molar refractivity (Wildman–Crippen MR) is 170 cm³/mol. The van der Waals surface area contributed by atoms with Crippen LogP contribution in [0.2, 0.25) is 0 Å². The van der Waals surface area contributed by atoms with Crippen LogP contribution < -0.4 is 11.5 Å². The lowest BCUT2D eigenvalue weighted by Crippen LogP contribution is -2.00. The Balaban J connectivity index is 1.14. The number of anilines is 2. The van der Waals surface area contributed by atoms with E-state index in [2.05, 4.69) is 100 Å². The van der Waals surface area contributed by atoms with Crippen LogP contribution in [0.15, 0.2) is 84.9 Å². The summed E-state index contributed by atoms with van der Waals surface area (Å²) in [5.41, 5.74) is 24.4. The van der Waals surface area contributed by atoms with E-state index in [-0.39, 0.29) is 0 Å². The summed E-state index contributed by atoms with van der Waals surface area (Å²) in [4.78, 5) is 0. The lowest BCUT2D eigenvalue weighted by molar-refractivity contribution is 0.613. The van der Waals surface area contributed by atoms with Crippen LogP contribution >= 0.6 is 0 Å². The number of aryl methyl sites for hydroxylation is 4. The molecule has 39 heavy (non-hydrogen) atoms. The van der Waals surface area contributed by atoms with Crippen molar-refractivity contribution < 1.29 is 0 Å². The Bertz CT molecular complexity index is 1230. The number of nitrogen functional groups attached to an aromatic ring is 2. The van der Waals surface area contributed by atoms with Crippen LogP contribution in [0.5, 0.6) is 0 Å². The number of benzene rings is 4. The normalized spacial score (nSPS) is 12.8. The van der Waals surface area contributed by atoms with E-state index in [0.717, 1.165) is 11.4 Å². The molecular formula is C37H46N2. The van der Waals surface area contributed by atoms with Gasteiger partial charge in [-0.3, -0.25) is 0 Å². The maximum Gasteiger partial charge on any atom is 0.0316 e. The molecule has 0 heterocycles. The molecule has 204 valence electrons. The van der Waals surface area contributed by atoms with Gasteiger partial charge in [-0.15, -0.1) is 0 Å². The van der Waals surface area contributed by atoms with Crippen molar-refractivity contribution in [2.45, 2.75) is 84.5 Å². The summed E-state index contributed by atoms with van der Waals surface area (Å²) < 4.78 is 0. The SMILES string of the molecule is Cc1cc(N)ccc1C(C)c1ccc(CCCCCCCc2ccc(C(C)c3ccc(N)cc3C)cc2)cc1. The van der Waals surface area contributed by atoms with Gasteiger partial charge in [-0.25, -0.2) is 0 Å². The third-order valence-electron chi connectivity index (χ3n) is 8.41. The maximum atomic E-state index is 5.93. The standard InChI is InChI=1S/C37H46N2/c1-26-24-34(38)20-22-36(26)28(3)32-16-12-30(13-17-32)10-8-6-5-7-9-11-31-14-18-33(19-15-31)29(4)37-23-21-35(39)25-27(37)2/h12-25,28-29H,5-11,38-39H2,1-4H3. The minimum Gasteiger partial charge on any atom is -0.399 e. The topological polar surface area (TPSA) is 52.0 Å². The highest BCUT2D eigenvalue weighted by Crippen LogP contribution is 2.29. The summed E-state index contributed by atoms with van der Waals surface area (Å²) in [5.74, 6) is 0.763. The molecule has 2 unspecified atom stereocenters. The molecule has 4 aromatic carbocycles. The molecule has 0 radical (unpaired) electrons. The first-order valence-corrected chi connectivity index (χ1v) is 14.7. The first-order chi connectivity index (χ1) is 18.8. The van der Waals surface area contributed by atoms with Gasteiger partial charge in [0.15, 0.2) is 0 Å². The van der Waals surface area contributed by atoms with Crippen LogP contribution in [-0.2, 0) is 12.8 Å². The van der Waals surface area contributed by atoms with E-state index in [1.165, 1.54) is 89.5 Å². The minimum atomic E-state index is 0.382. The van der Waals surface area contributed by atoms with E-state index in [9.17, 15) is 0 Å². The summed E-state index contributed by atoms with van der Waals surface area (Å²) >= 11 is 0. The van der Waals surface area contributed by atoms with E-state index in [1.807, 2.05) is 12.1 Å². The average molecular weight is 519 g/mol. The van der Waals surface area contributed by atoms with Crippen molar-refractivity contribution in [1.29, 1.82) is 0 Å². The Kier molecular flexibility index (Phi) is 9.87. The summed E-state index contributed by atoms with van der Waals surface area (Å²) in [6, 6.07) is 31.0. The molecule has 0 spiro atoms. The van der Waals surface area contributed by atoms with Gasteiger partial charge in [0.2, 0.25) is 0 Å². The summed E-state index contributed by atoms with van der Waals surface area (Å²) in [7, 11) is 0. The molecule has 0 aliphatic carbocycles. The van der Waals surface area contributed by atoms with Crippen LogP contribution in [-0.4, -0.2) is 0 Å². The summed E-state index contributed by atoms with van der Waals surface area (Å²) in [6.45, 7) is 8.87. The van der Waals surface area contributed by atoms with Crippen molar-refractivity contribution in [3.8, 4) is 0 Å². The van der Waals surface area contributed by atoms with Crippen LogP contribution in [0, 0.1) is 13.8 Å². The molecule has 2 heteroatoms. The molecule has 2 atom stereocenters. The molecule has 4 N–H and O–H groups in total. The Morgan fingerprint density at radius 1 is 0.487 bits per heavy atom. The molecule has 0 saturated carbocycles. The summed E-state index contributed by atoms with van der Waals surface area (Å²) in [6.07, 6.45) is 8.80. The van der Waals surface area contributed by atoms with Crippen LogP contribution in [0.3, 0.4) is 0 Å². The molecule has 0 aliphatic rings. The van der Waals surface area contributed by atoms with Gasteiger partial charge in [0.25, 0.3) is 0 Å². The second-order valence-electron chi connectivity index (χ2n) is 11.4. The number of rotatable bonds is 12. The van der Waals surface area contributed by atoms with Crippen molar-refractivity contribution in [3.63, 3.8) is 0 Å². The minimum absolute atomic E-state index is 0.382. The molecule has 0 bridgehead atoms. The van der Waals surface area contributed by atoms with Gasteiger partial charge >= 0.3 is 0 Å². The lowest BCUT2D eigenvalue weighted by atomic mass is 9.89. The molecule has 0 aromatic heterocycles. The molecule has 4 rings (SSSR count). The zero-order valence-electron chi connectivity index (χ0n) is 24.3. The highest BCUT2D eigenvalue weighted by atomic mass is 14.5. The number of nitrogens with two attached hydrogens (primary N) is 2. The lowest BCUT2D eigenvalue weighted by Gasteiger charge is -2.16. The van der Waals surface area contributed by atoms with Gasteiger partial charge < -0.3 is 11.5 Å². The highest BCUT2D eigenvalue weighted by molar-refractivity contribution is 5.48. The molecule has 0 amide bonds. The van der Waals surface area contributed by atoms with E-state index < -0.39 is 0 Å². The van der Waals surface area contributed by atoms with Gasteiger partial charge in [0, 0.05) is 23.2 Å². The maximum absolute atomic E-state index is 5.93. The van der Waals surface area contributed by atoms with E-state index in [4.69, 9.17) is 11.5 Å². The number of unbranched alkanes of at least 4 members (excludes halogenated alkanes) is 4. The van der Waals surface area contributed by atoms with Crippen molar-refractivity contribution in [3.05, 3.63) is 129 Å². The quantitative estimate of drug-likeness (QED) is 0.145. The Morgan fingerprint density at radius 2 is 0.846 bits per heavy atom. The van der Waals surface area contributed by atoms with Crippen molar-refractivity contribution >= 4 is 11.4 Å². The third kappa shape index (κ3) is 7.76. The average Bonchev–Trinajstić information content (AvgIpc) is 2.92. The largest absolute Gasteiger partial charge is 0.399 e. The van der Waals surface area contributed by atoms with Crippen molar-refractivity contribution in [1.82, 2.24) is 0 Å². The van der Waals surface area contributed by atoms with E-state index >= 15 is 0 Å². The van der Waals surface area contributed by atoms with Crippen molar-refractivity contribution in [2.75, 3.05) is 11.5 Å². The fraction of sp³-hybridized carbons (Fsp3) is 0.351. The van der Waals surface area contributed by atoms with E-state index in [1.54, 1.807) is 0 Å².